The lowest BCUT2D eigenvalue weighted by molar-refractivity contribution is -0.123. The van der Waals surface area contributed by atoms with E-state index in [1.165, 1.54) is 12.1 Å². The van der Waals surface area contributed by atoms with E-state index in [0.29, 0.717) is 5.56 Å². The third-order valence-corrected chi connectivity index (χ3v) is 3.42. The first-order valence-electron chi connectivity index (χ1n) is 6.49. The van der Waals surface area contributed by atoms with Gasteiger partial charge in [0.25, 0.3) is 11.8 Å². The first-order chi connectivity index (χ1) is 11.0. The van der Waals surface area contributed by atoms with Crippen molar-refractivity contribution in [2.75, 3.05) is 6.61 Å². The van der Waals surface area contributed by atoms with Crippen LogP contribution in [0, 0.1) is 0 Å². The lowest BCUT2D eigenvalue weighted by atomic mass is 10.2. The number of amides is 2. The van der Waals surface area contributed by atoms with Crippen LogP contribution in [0.4, 0.5) is 0 Å². The quantitative estimate of drug-likeness (QED) is 0.859. The lowest BCUT2D eigenvalue weighted by Crippen LogP contribution is -2.34. The van der Waals surface area contributed by atoms with Crippen molar-refractivity contribution in [3.05, 3.63) is 69.7 Å². The molecule has 7 heteroatoms. The Hall–Kier alpha value is -2.37. The second kappa shape index (κ2) is 7.76. The molecule has 0 bridgehead atoms. The molecule has 0 heterocycles. The molecule has 0 spiro atoms. The Balaban J connectivity index is 1.92. The van der Waals surface area contributed by atoms with Crippen LogP contribution in [0.15, 0.2) is 48.5 Å². The van der Waals surface area contributed by atoms with Crippen LogP contribution in [0.1, 0.15) is 20.7 Å². The second-order valence-electron chi connectivity index (χ2n) is 4.42. The van der Waals surface area contributed by atoms with Gasteiger partial charge in [-0.2, -0.15) is 0 Å². The first kappa shape index (κ1) is 17.0. The van der Waals surface area contributed by atoms with Crippen LogP contribution >= 0.6 is 23.2 Å². The number of carbonyl (C=O) groups is 3. The van der Waals surface area contributed by atoms with Crippen molar-refractivity contribution in [3.63, 3.8) is 0 Å². The molecule has 0 aliphatic heterocycles. The third-order valence-electron chi connectivity index (χ3n) is 2.79. The lowest BCUT2D eigenvalue weighted by Gasteiger charge is -2.08. The number of ether oxygens (including phenoxy) is 1. The molecule has 2 rings (SSSR count). The van der Waals surface area contributed by atoms with Crippen molar-refractivity contribution in [2.24, 2.45) is 0 Å². The molecule has 0 saturated heterocycles. The molecule has 2 aromatic carbocycles. The van der Waals surface area contributed by atoms with Crippen LogP contribution in [0.3, 0.4) is 0 Å². The van der Waals surface area contributed by atoms with Gasteiger partial charge in [-0.05, 0) is 24.3 Å². The normalized spacial score (nSPS) is 10.0. The van der Waals surface area contributed by atoms with E-state index in [1.807, 2.05) is 0 Å². The van der Waals surface area contributed by atoms with Crippen LogP contribution in [-0.2, 0) is 9.53 Å². The van der Waals surface area contributed by atoms with Gasteiger partial charge in [0.15, 0.2) is 6.61 Å². The van der Waals surface area contributed by atoms with Gasteiger partial charge in [0, 0.05) is 5.56 Å². The largest absolute Gasteiger partial charge is 0.452 e. The number of nitrogens with one attached hydrogen (secondary N) is 1. The average molecular weight is 352 g/mol. The van der Waals surface area contributed by atoms with Crippen molar-refractivity contribution in [3.8, 4) is 0 Å². The summed E-state index contributed by atoms with van der Waals surface area (Å²) in [6.07, 6.45) is 0. The van der Waals surface area contributed by atoms with Crippen molar-refractivity contribution in [2.45, 2.75) is 0 Å². The molecule has 0 aliphatic rings. The monoisotopic (exact) mass is 351 g/mol. The van der Waals surface area contributed by atoms with Crippen molar-refractivity contribution < 1.29 is 19.1 Å². The van der Waals surface area contributed by atoms with Gasteiger partial charge in [-0.15, -0.1) is 0 Å². The molecule has 0 unspecified atom stereocenters. The Morgan fingerprint density at radius 2 is 1.52 bits per heavy atom. The summed E-state index contributed by atoms with van der Waals surface area (Å²) >= 11 is 11.7. The molecule has 0 atom stereocenters. The maximum atomic E-state index is 11.9. The fourth-order valence-corrected chi connectivity index (χ4v) is 2.27. The van der Waals surface area contributed by atoms with E-state index >= 15 is 0 Å². The Morgan fingerprint density at radius 3 is 2.13 bits per heavy atom. The van der Waals surface area contributed by atoms with Crippen LogP contribution in [0.5, 0.6) is 0 Å². The summed E-state index contributed by atoms with van der Waals surface area (Å²) in [6.45, 7) is -0.626. The van der Waals surface area contributed by atoms with E-state index in [9.17, 15) is 14.4 Å². The topological polar surface area (TPSA) is 72.5 Å². The number of hydrogen-bond acceptors (Lipinski definition) is 4. The van der Waals surface area contributed by atoms with E-state index in [2.05, 4.69) is 5.32 Å². The van der Waals surface area contributed by atoms with Crippen LogP contribution in [0.2, 0.25) is 10.0 Å². The smallest absolute Gasteiger partial charge is 0.341 e. The molecule has 23 heavy (non-hydrogen) atoms. The minimum absolute atomic E-state index is 0.0296. The van der Waals surface area contributed by atoms with Crippen molar-refractivity contribution in [1.82, 2.24) is 5.32 Å². The number of benzene rings is 2. The highest BCUT2D eigenvalue weighted by atomic mass is 35.5. The molecule has 2 aromatic rings. The summed E-state index contributed by atoms with van der Waals surface area (Å²) in [6, 6.07) is 12.7. The summed E-state index contributed by atoms with van der Waals surface area (Å²) < 4.78 is 4.82. The van der Waals surface area contributed by atoms with Gasteiger partial charge in [-0.3, -0.25) is 14.9 Å². The Labute approximate surface area is 142 Å². The molecule has 1 N–H and O–H groups in total. The van der Waals surface area contributed by atoms with E-state index in [4.69, 9.17) is 27.9 Å². The molecule has 2 amide bonds. The Morgan fingerprint density at radius 1 is 0.913 bits per heavy atom. The second-order valence-corrected chi connectivity index (χ2v) is 5.23. The van der Waals surface area contributed by atoms with Crippen LogP contribution in [-0.4, -0.2) is 24.4 Å². The fourth-order valence-electron chi connectivity index (χ4n) is 1.72. The first-order valence-corrected chi connectivity index (χ1v) is 7.25. The molecule has 118 valence electrons. The molecule has 0 radical (unpaired) electrons. The highest BCUT2D eigenvalue weighted by molar-refractivity contribution is 6.39. The Kier molecular flexibility index (Phi) is 5.73. The van der Waals surface area contributed by atoms with Gasteiger partial charge in [-0.25, -0.2) is 4.79 Å². The summed E-state index contributed by atoms with van der Waals surface area (Å²) in [5.74, 6) is -2.18. The zero-order chi connectivity index (χ0) is 16.8. The van der Waals surface area contributed by atoms with Crippen molar-refractivity contribution in [1.29, 1.82) is 0 Å². The van der Waals surface area contributed by atoms with E-state index < -0.39 is 24.4 Å². The predicted molar refractivity (Wildman–Crippen MR) is 85.7 cm³/mol. The van der Waals surface area contributed by atoms with Gasteiger partial charge in [0.1, 0.15) is 0 Å². The molecule has 0 aromatic heterocycles. The molecule has 0 saturated carbocycles. The van der Waals surface area contributed by atoms with Gasteiger partial charge in [-0.1, -0.05) is 47.5 Å². The molecule has 0 fully saturated rings. The third kappa shape index (κ3) is 4.55. The van der Waals surface area contributed by atoms with Gasteiger partial charge >= 0.3 is 5.97 Å². The van der Waals surface area contributed by atoms with Crippen molar-refractivity contribution >= 4 is 41.0 Å². The van der Waals surface area contributed by atoms with E-state index in [0.717, 1.165) is 0 Å². The molecule has 5 nitrogen and oxygen atoms in total. The standard InChI is InChI=1S/C16H11Cl2NO4/c17-11-7-4-8-12(18)14(11)16(22)23-9-13(20)19-15(21)10-5-2-1-3-6-10/h1-8H,9H2,(H,19,20,21). The summed E-state index contributed by atoms with van der Waals surface area (Å²) in [5.41, 5.74) is 0.291. The number of esters is 1. The van der Waals surface area contributed by atoms with Crippen LogP contribution < -0.4 is 5.32 Å². The number of halogens is 2. The SMILES string of the molecule is O=C(COC(=O)c1c(Cl)cccc1Cl)NC(=O)c1ccccc1. The summed E-state index contributed by atoms with van der Waals surface area (Å²) in [7, 11) is 0. The summed E-state index contributed by atoms with van der Waals surface area (Å²) in [5, 5.41) is 2.34. The van der Waals surface area contributed by atoms with E-state index in [1.54, 1.807) is 36.4 Å². The van der Waals surface area contributed by atoms with Crippen LogP contribution in [0.25, 0.3) is 0 Å². The number of imide groups is 1. The average Bonchev–Trinajstić information content (AvgIpc) is 2.53. The molecular weight excluding hydrogens is 341 g/mol. The highest BCUT2D eigenvalue weighted by Gasteiger charge is 2.18. The number of rotatable bonds is 4. The zero-order valence-electron chi connectivity index (χ0n) is 11.7. The molecule has 0 aliphatic carbocycles. The maximum Gasteiger partial charge on any atom is 0.341 e. The predicted octanol–water partition coefficient (Wildman–Crippen LogP) is 3.11. The van der Waals surface area contributed by atoms with Gasteiger partial charge in [0.05, 0.1) is 15.6 Å². The molecular formula is C16H11Cl2NO4. The zero-order valence-corrected chi connectivity index (χ0v) is 13.2. The summed E-state index contributed by atoms with van der Waals surface area (Å²) in [4.78, 5) is 35.3. The fraction of sp³-hybridized carbons (Fsp3) is 0.0625. The van der Waals surface area contributed by atoms with Gasteiger partial charge in [0.2, 0.25) is 0 Å². The minimum Gasteiger partial charge on any atom is -0.452 e. The number of carbonyl (C=O) groups excluding carboxylic acids is 3. The van der Waals surface area contributed by atoms with E-state index in [-0.39, 0.29) is 15.6 Å². The maximum absolute atomic E-state index is 11.9. The van der Waals surface area contributed by atoms with Gasteiger partial charge < -0.3 is 4.74 Å². The highest BCUT2D eigenvalue weighted by Crippen LogP contribution is 2.24. The number of hydrogen-bond donors (Lipinski definition) is 1. The minimum atomic E-state index is -0.845. The Bertz CT molecular complexity index is 727.